The van der Waals surface area contributed by atoms with E-state index in [0.29, 0.717) is 10.0 Å². The fraction of sp³-hybridized carbons (Fsp3) is 0.333. The zero-order valence-electron chi connectivity index (χ0n) is 8.36. The first kappa shape index (κ1) is 10.6. The second kappa shape index (κ2) is 3.92. The van der Waals surface area contributed by atoms with Crippen molar-refractivity contribution >= 4 is 22.9 Å². The molecule has 0 fully saturated rings. The molecule has 0 aromatic carbocycles. The van der Waals surface area contributed by atoms with Crippen LogP contribution in [0.1, 0.15) is 16.3 Å². The number of thiazole rings is 1. The van der Waals surface area contributed by atoms with Crippen LogP contribution in [-0.2, 0) is 6.61 Å². The SMILES string of the molecule is Cc1ncn(-c2nc(Cl)c(CO)s2)c1C. The van der Waals surface area contributed by atoms with Crippen LogP contribution < -0.4 is 0 Å². The standard InChI is InChI=1S/C9H10ClN3OS/c1-5-6(2)13(4-11-5)9-12-8(10)7(3-14)15-9/h4,14H,3H2,1-2H3. The fourth-order valence-corrected chi connectivity index (χ4v) is 2.35. The number of aromatic nitrogens is 3. The van der Waals surface area contributed by atoms with Crippen LogP contribution in [0.4, 0.5) is 0 Å². The Morgan fingerprint density at radius 1 is 1.53 bits per heavy atom. The lowest BCUT2D eigenvalue weighted by molar-refractivity contribution is 0.285. The summed E-state index contributed by atoms with van der Waals surface area (Å²) in [6, 6.07) is 0. The minimum atomic E-state index is -0.0801. The molecule has 0 spiro atoms. The Hall–Kier alpha value is -0.910. The first-order valence-electron chi connectivity index (χ1n) is 4.40. The summed E-state index contributed by atoms with van der Waals surface area (Å²) >= 11 is 7.23. The molecule has 0 radical (unpaired) electrons. The molecule has 0 aliphatic carbocycles. The van der Waals surface area contributed by atoms with Gasteiger partial charge in [-0.3, -0.25) is 4.57 Å². The first-order chi connectivity index (χ1) is 7.13. The van der Waals surface area contributed by atoms with Crippen molar-refractivity contribution in [3.63, 3.8) is 0 Å². The minimum Gasteiger partial charge on any atom is -0.391 e. The average Bonchev–Trinajstić information content (AvgIpc) is 2.72. The average molecular weight is 244 g/mol. The molecule has 15 heavy (non-hydrogen) atoms. The minimum absolute atomic E-state index is 0.0801. The van der Waals surface area contributed by atoms with E-state index in [1.807, 2.05) is 18.4 Å². The highest BCUT2D eigenvalue weighted by Crippen LogP contribution is 2.26. The smallest absolute Gasteiger partial charge is 0.196 e. The summed E-state index contributed by atoms with van der Waals surface area (Å²) in [4.78, 5) is 9.03. The van der Waals surface area contributed by atoms with Gasteiger partial charge in [0, 0.05) is 5.69 Å². The summed E-state index contributed by atoms with van der Waals surface area (Å²) in [5.41, 5.74) is 2.00. The van der Waals surface area contributed by atoms with Gasteiger partial charge in [-0.25, -0.2) is 9.97 Å². The number of imidazole rings is 1. The molecule has 0 saturated heterocycles. The molecule has 0 atom stereocenters. The maximum atomic E-state index is 9.01. The lowest BCUT2D eigenvalue weighted by Gasteiger charge is -1.98. The molecule has 4 nitrogen and oxygen atoms in total. The third kappa shape index (κ3) is 1.78. The number of nitrogens with zero attached hydrogens (tertiary/aromatic N) is 3. The van der Waals surface area contributed by atoms with Crippen LogP contribution in [-0.4, -0.2) is 19.6 Å². The van der Waals surface area contributed by atoms with Crippen molar-refractivity contribution in [2.24, 2.45) is 0 Å². The Labute approximate surface area is 96.2 Å². The fourth-order valence-electron chi connectivity index (χ4n) is 1.21. The molecular formula is C9H10ClN3OS. The molecule has 2 aromatic heterocycles. The van der Waals surface area contributed by atoms with Crippen molar-refractivity contribution in [2.75, 3.05) is 0 Å². The Balaban J connectivity index is 2.50. The lowest BCUT2D eigenvalue weighted by atomic mass is 10.4. The van der Waals surface area contributed by atoms with E-state index in [-0.39, 0.29) is 6.61 Å². The van der Waals surface area contributed by atoms with Crippen LogP contribution >= 0.6 is 22.9 Å². The van der Waals surface area contributed by atoms with E-state index in [2.05, 4.69) is 9.97 Å². The molecule has 0 unspecified atom stereocenters. The van der Waals surface area contributed by atoms with E-state index in [1.54, 1.807) is 6.33 Å². The second-order valence-corrected chi connectivity index (χ2v) is 4.57. The van der Waals surface area contributed by atoms with Crippen LogP contribution in [0.15, 0.2) is 6.33 Å². The highest BCUT2D eigenvalue weighted by molar-refractivity contribution is 7.14. The highest BCUT2D eigenvalue weighted by atomic mass is 35.5. The Morgan fingerprint density at radius 2 is 2.27 bits per heavy atom. The van der Waals surface area contributed by atoms with Gasteiger partial charge in [0.05, 0.1) is 17.2 Å². The van der Waals surface area contributed by atoms with Crippen molar-refractivity contribution in [1.82, 2.24) is 14.5 Å². The normalized spacial score (nSPS) is 10.9. The van der Waals surface area contributed by atoms with Gasteiger partial charge in [-0.2, -0.15) is 0 Å². The Morgan fingerprint density at radius 3 is 2.73 bits per heavy atom. The van der Waals surface area contributed by atoms with Crippen LogP contribution in [0.5, 0.6) is 0 Å². The number of aliphatic hydroxyl groups excluding tert-OH is 1. The summed E-state index contributed by atoms with van der Waals surface area (Å²) in [5.74, 6) is 0. The highest BCUT2D eigenvalue weighted by Gasteiger charge is 2.12. The van der Waals surface area contributed by atoms with Gasteiger partial charge in [-0.1, -0.05) is 22.9 Å². The number of rotatable bonds is 2. The predicted molar refractivity (Wildman–Crippen MR) is 59.6 cm³/mol. The van der Waals surface area contributed by atoms with Gasteiger partial charge in [0.2, 0.25) is 0 Å². The molecule has 80 valence electrons. The van der Waals surface area contributed by atoms with E-state index < -0.39 is 0 Å². The van der Waals surface area contributed by atoms with Crippen LogP contribution in [0.2, 0.25) is 5.15 Å². The molecule has 2 aromatic rings. The summed E-state index contributed by atoms with van der Waals surface area (Å²) in [6.07, 6.45) is 1.71. The van der Waals surface area contributed by atoms with E-state index in [9.17, 15) is 0 Å². The molecular weight excluding hydrogens is 234 g/mol. The zero-order valence-corrected chi connectivity index (χ0v) is 9.93. The number of aryl methyl sites for hydroxylation is 1. The van der Waals surface area contributed by atoms with Crippen molar-refractivity contribution in [2.45, 2.75) is 20.5 Å². The maximum Gasteiger partial charge on any atom is 0.196 e. The molecule has 2 heterocycles. The van der Waals surface area contributed by atoms with E-state index in [4.69, 9.17) is 16.7 Å². The number of hydrogen-bond acceptors (Lipinski definition) is 4. The summed E-state index contributed by atoms with van der Waals surface area (Å²) in [5, 5.41) is 10.1. The van der Waals surface area contributed by atoms with Crippen LogP contribution in [0.25, 0.3) is 5.13 Å². The monoisotopic (exact) mass is 243 g/mol. The molecule has 2 rings (SSSR count). The molecule has 0 amide bonds. The van der Waals surface area contributed by atoms with Crippen molar-refractivity contribution in [1.29, 1.82) is 0 Å². The van der Waals surface area contributed by atoms with Gasteiger partial charge in [-0.15, -0.1) is 0 Å². The Kier molecular flexibility index (Phi) is 2.77. The predicted octanol–water partition coefficient (Wildman–Crippen LogP) is 2.09. The number of hydrogen-bond donors (Lipinski definition) is 1. The zero-order chi connectivity index (χ0) is 11.0. The van der Waals surface area contributed by atoms with Crippen LogP contribution in [0, 0.1) is 13.8 Å². The summed E-state index contributed by atoms with van der Waals surface area (Å²) in [7, 11) is 0. The Bertz CT molecular complexity index is 492. The van der Waals surface area contributed by atoms with Gasteiger partial charge in [-0.05, 0) is 13.8 Å². The van der Waals surface area contributed by atoms with Gasteiger partial charge in [0.1, 0.15) is 11.5 Å². The van der Waals surface area contributed by atoms with Crippen molar-refractivity contribution in [3.05, 3.63) is 27.7 Å². The molecule has 0 saturated carbocycles. The number of aliphatic hydroxyl groups is 1. The van der Waals surface area contributed by atoms with Crippen LogP contribution in [0.3, 0.4) is 0 Å². The third-order valence-electron chi connectivity index (χ3n) is 2.24. The quantitative estimate of drug-likeness (QED) is 0.879. The van der Waals surface area contributed by atoms with Crippen molar-refractivity contribution < 1.29 is 5.11 Å². The van der Waals surface area contributed by atoms with Gasteiger partial charge < -0.3 is 5.11 Å². The maximum absolute atomic E-state index is 9.01. The molecule has 6 heteroatoms. The van der Waals surface area contributed by atoms with Gasteiger partial charge >= 0.3 is 0 Å². The first-order valence-corrected chi connectivity index (χ1v) is 5.60. The second-order valence-electron chi connectivity index (χ2n) is 3.15. The third-order valence-corrected chi connectivity index (χ3v) is 3.70. The van der Waals surface area contributed by atoms with Gasteiger partial charge in [0.15, 0.2) is 5.13 Å². The molecule has 0 aliphatic rings. The van der Waals surface area contributed by atoms with Gasteiger partial charge in [0.25, 0.3) is 0 Å². The van der Waals surface area contributed by atoms with E-state index in [1.165, 1.54) is 11.3 Å². The van der Waals surface area contributed by atoms with E-state index in [0.717, 1.165) is 16.5 Å². The summed E-state index contributed by atoms with van der Waals surface area (Å²) < 4.78 is 1.87. The lowest BCUT2D eigenvalue weighted by Crippen LogP contribution is -1.93. The molecule has 1 N–H and O–H groups in total. The summed E-state index contributed by atoms with van der Waals surface area (Å²) in [6.45, 7) is 3.83. The molecule has 0 aliphatic heterocycles. The van der Waals surface area contributed by atoms with E-state index >= 15 is 0 Å². The largest absolute Gasteiger partial charge is 0.391 e. The number of halogens is 1. The van der Waals surface area contributed by atoms with Crippen molar-refractivity contribution in [3.8, 4) is 5.13 Å². The molecule has 0 bridgehead atoms. The topological polar surface area (TPSA) is 50.9 Å².